The summed E-state index contributed by atoms with van der Waals surface area (Å²) in [4.78, 5) is 3.78. The van der Waals surface area contributed by atoms with Crippen LogP contribution < -0.4 is 5.73 Å². The lowest BCUT2D eigenvalue weighted by molar-refractivity contribution is 0.629. The van der Waals surface area contributed by atoms with Crippen molar-refractivity contribution in [2.45, 2.75) is 0 Å². The van der Waals surface area contributed by atoms with E-state index in [4.69, 9.17) is 17.3 Å². The molecule has 70 valence electrons. The Bertz CT molecular complexity index is 341. The van der Waals surface area contributed by atoms with Gasteiger partial charge in [0.05, 0.1) is 5.88 Å². The van der Waals surface area contributed by atoms with E-state index in [-0.39, 0.29) is 17.4 Å². The van der Waals surface area contributed by atoms with E-state index in [1.165, 1.54) is 12.1 Å². The molecule has 0 heterocycles. The lowest BCUT2D eigenvalue weighted by Gasteiger charge is -1.98. The van der Waals surface area contributed by atoms with Crippen LogP contribution in [0.4, 0.5) is 10.1 Å². The molecule has 0 unspecified atom stereocenters. The van der Waals surface area contributed by atoms with E-state index in [1.807, 2.05) is 0 Å². The third-order valence-electron chi connectivity index (χ3n) is 1.31. The van der Waals surface area contributed by atoms with E-state index in [0.717, 1.165) is 0 Å². The number of rotatable bonds is 2. The zero-order valence-electron chi connectivity index (χ0n) is 6.60. The van der Waals surface area contributed by atoms with Crippen LogP contribution in [0, 0.1) is 5.82 Å². The number of hydrogen-bond donors (Lipinski definition) is 1. The lowest BCUT2D eigenvalue weighted by Crippen LogP contribution is -2.12. The average molecular weight is 266 g/mol. The second-order valence-electron chi connectivity index (χ2n) is 2.33. The number of nitrogens with zero attached hydrogens (tertiary/aromatic N) is 1. The zero-order valence-corrected chi connectivity index (χ0v) is 8.94. The molecule has 0 amide bonds. The summed E-state index contributed by atoms with van der Waals surface area (Å²) in [5.74, 6) is -0.138. The normalized spacial score (nSPS) is 11.8. The first-order valence-electron chi connectivity index (χ1n) is 3.47. The molecule has 1 rings (SSSR count). The van der Waals surface area contributed by atoms with E-state index in [2.05, 4.69) is 20.9 Å². The van der Waals surface area contributed by atoms with Crippen LogP contribution in [0.1, 0.15) is 0 Å². The highest BCUT2D eigenvalue weighted by Crippen LogP contribution is 2.21. The van der Waals surface area contributed by atoms with Crippen LogP contribution in [0.2, 0.25) is 0 Å². The largest absolute Gasteiger partial charge is 0.386 e. The Hall–Kier alpha value is -0.610. The number of nitrogens with two attached hydrogens (primary N) is 1. The molecule has 1 aromatic rings. The van der Waals surface area contributed by atoms with Crippen molar-refractivity contribution in [2.24, 2.45) is 10.7 Å². The van der Waals surface area contributed by atoms with E-state index in [1.54, 1.807) is 6.07 Å². The topological polar surface area (TPSA) is 38.4 Å². The molecule has 5 heteroatoms. The maximum Gasteiger partial charge on any atom is 0.149 e. The summed E-state index contributed by atoms with van der Waals surface area (Å²) in [5.41, 5.74) is 5.55. The van der Waals surface area contributed by atoms with Gasteiger partial charge >= 0.3 is 0 Å². The molecule has 0 bridgehead atoms. The van der Waals surface area contributed by atoms with Crippen molar-refractivity contribution in [2.75, 3.05) is 5.88 Å². The Kier molecular flexibility index (Phi) is 3.69. The molecule has 0 aliphatic rings. The quantitative estimate of drug-likeness (QED) is 0.498. The summed E-state index contributed by atoms with van der Waals surface area (Å²) in [6.07, 6.45) is 0. The third-order valence-corrected chi connectivity index (χ3v) is 2.08. The van der Waals surface area contributed by atoms with Crippen molar-refractivity contribution >= 4 is 39.1 Å². The molecule has 0 aromatic heterocycles. The van der Waals surface area contributed by atoms with Crippen molar-refractivity contribution in [3.8, 4) is 0 Å². The fraction of sp³-hybridized carbons (Fsp3) is 0.125. The predicted molar refractivity (Wildman–Crippen MR) is 56.1 cm³/mol. The molecule has 0 atom stereocenters. The van der Waals surface area contributed by atoms with Gasteiger partial charge in [-0.2, -0.15) is 0 Å². The number of alkyl halides is 1. The minimum Gasteiger partial charge on any atom is -0.386 e. The van der Waals surface area contributed by atoms with Crippen LogP contribution in [0.3, 0.4) is 0 Å². The summed E-state index contributed by atoms with van der Waals surface area (Å²) in [7, 11) is 0. The molecular formula is C8H7BrClFN2. The predicted octanol–water partition coefficient (Wildman–Crippen LogP) is 2.82. The molecule has 0 spiro atoms. The van der Waals surface area contributed by atoms with Gasteiger partial charge in [-0.15, -0.1) is 11.6 Å². The summed E-state index contributed by atoms with van der Waals surface area (Å²) < 4.78 is 13.8. The average Bonchev–Trinajstić information content (AvgIpc) is 2.09. The van der Waals surface area contributed by atoms with Crippen molar-refractivity contribution in [3.05, 3.63) is 28.5 Å². The van der Waals surface area contributed by atoms with E-state index >= 15 is 0 Å². The number of amidine groups is 1. The van der Waals surface area contributed by atoms with Crippen LogP contribution in [0.5, 0.6) is 0 Å². The number of hydrogen-bond acceptors (Lipinski definition) is 1. The minimum atomic E-state index is -0.428. The molecule has 0 saturated heterocycles. The monoisotopic (exact) mass is 264 g/mol. The fourth-order valence-electron chi connectivity index (χ4n) is 0.757. The Balaban J connectivity index is 3.03. The van der Waals surface area contributed by atoms with Gasteiger partial charge in [0.1, 0.15) is 17.3 Å². The van der Waals surface area contributed by atoms with Crippen LogP contribution in [-0.2, 0) is 0 Å². The summed E-state index contributed by atoms with van der Waals surface area (Å²) in [6, 6.07) is 4.53. The van der Waals surface area contributed by atoms with Crippen LogP contribution in [0.25, 0.3) is 0 Å². The smallest absolute Gasteiger partial charge is 0.149 e. The minimum absolute atomic E-state index is 0.0928. The second-order valence-corrected chi connectivity index (χ2v) is 3.52. The van der Waals surface area contributed by atoms with Crippen molar-refractivity contribution in [1.82, 2.24) is 0 Å². The van der Waals surface area contributed by atoms with Crippen LogP contribution in [0.15, 0.2) is 27.7 Å². The lowest BCUT2D eigenvalue weighted by atomic mass is 10.3. The van der Waals surface area contributed by atoms with E-state index in [0.29, 0.717) is 4.47 Å². The summed E-state index contributed by atoms with van der Waals surface area (Å²) in [6.45, 7) is 0. The maximum atomic E-state index is 13.1. The maximum absolute atomic E-state index is 13.1. The number of benzene rings is 1. The Morgan fingerprint density at radius 1 is 1.62 bits per heavy atom. The third kappa shape index (κ3) is 2.97. The molecule has 2 N–H and O–H groups in total. The first-order valence-corrected chi connectivity index (χ1v) is 4.80. The zero-order chi connectivity index (χ0) is 9.84. The van der Waals surface area contributed by atoms with Gasteiger partial charge in [0.15, 0.2) is 0 Å². The molecule has 0 fully saturated rings. The van der Waals surface area contributed by atoms with Crippen molar-refractivity contribution in [3.63, 3.8) is 0 Å². The molecule has 1 aromatic carbocycles. The molecular weight excluding hydrogens is 258 g/mol. The molecule has 13 heavy (non-hydrogen) atoms. The standard InChI is InChI=1S/C8H7BrClFN2/c9-5-1-2-7(6(11)3-5)13-8(12)4-10/h1-3H,4H2,(H2,12,13). The van der Waals surface area contributed by atoms with E-state index in [9.17, 15) is 4.39 Å². The number of aliphatic imine (C=N–C) groups is 1. The Labute approximate surface area is 88.7 Å². The van der Waals surface area contributed by atoms with Gasteiger partial charge in [-0.05, 0) is 18.2 Å². The molecule has 0 radical (unpaired) electrons. The van der Waals surface area contributed by atoms with E-state index < -0.39 is 5.82 Å². The first kappa shape index (κ1) is 10.5. The SMILES string of the molecule is NC(CCl)=Nc1ccc(Br)cc1F. The van der Waals surface area contributed by atoms with Gasteiger partial charge in [-0.25, -0.2) is 9.38 Å². The van der Waals surface area contributed by atoms with Gasteiger partial charge in [-0.3, -0.25) is 0 Å². The number of halogens is 3. The first-order chi connectivity index (χ1) is 6.13. The summed E-state index contributed by atoms with van der Waals surface area (Å²) in [5, 5.41) is 0. The highest BCUT2D eigenvalue weighted by Gasteiger charge is 2.01. The summed E-state index contributed by atoms with van der Waals surface area (Å²) >= 11 is 8.53. The van der Waals surface area contributed by atoms with Gasteiger partial charge in [0.25, 0.3) is 0 Å². The van der Waals surface area contributed by atoms with Crippen LogP contribution >= 0.6 is 27.5 Å². The van der Waals surface area contributed by atoms with Gasteiger partial charge in [0.2, 0.25) is 0 Å². The molecule has 0 aliphatic carbocycles. The van der Waals surface area contributed by atoms with Gasteiger partial charge in [0, 0.05) is 4.47 Å². The second kappa shape index (κ2) is 4.58. The van der Waals surface area contributed by atoms with Gasteiger partial charge < -0.3 is 5.73 Å². The van der Waals surface area contributed by atoms with Crippen LogP contribution in [-0.4, -0.2) is 11.7 Å². The molecule has 0 saturated carbocycles. The fourth-order valence-corrected chi connectivity index (χ4v) is 1.15. The van der Waals surface area contributed by atoms with Crippen molar-refractivity contribution in [1.29, 1.82) is 0 Å². The Morgan fingerprint density at radius 3 is 2.85 bits per heavy atom. The van der Waals surface area contributed by atoms with Crippen molar-refractivity contribution < 1.29 is 4.39 Å². The van der Waals surface area contributed by atoms with Gasteiger partial charge in [-0.1, -0.05) is 15.9 Å². The molecule has 2 nitrogen and oxygen atoms in total. The highest BCUT2D eigenvalue weighted by molar-refractivity contribution is 9.10. The highest BCUT2D eigenvalue weighted by atomic mass is 79.9. The molecule has 0 aliphatic heterocycles. The Morgan fingerprint density at radius 2 is 2.31 bits per heavy atom.